The van der Waals surface area contributed by atoms with Gasteiger partial charge in [0.2, 0.25) is 5.91 Å². The minimum atomic E-state index is -0.643. The number of nitrogens with two attached hydrogens (primary N) is 2. The van der Waals surface area contributed by atoms with Gasteiger partial charge in [-0.15, -0.1) is 12.4 Å². The summed E-state index contributed by atoms with van der Waals surface area (Å²) in [5.41, 5.74) is 24.6. The van der Waals surface area contributed by atoms with E-state index in [1.54, 1.807) is 39.7 Å². The molecule has 0 saturated carbocycles. The highest BCUT2D eigenvalue weighted by atomic mass is 79.9. The van der Waals surface area contributed by atoms with Crippen molar-refractivity contribution in [3.8, 4) is 50.6 Å². The van der Waals surface area contributed by atoms with Gasteiger partial charge in [-0.3, -0.25) is 10.1 Å². The summed E-state index contributed by atoms with van der Waals surface area (Å²) in [5.74, 6) is 2.84. The van der Waals surface area contributed by atoms with Gasteiger partial charge in [0.1, 0.15) is 23.1 Å². The third-order valence-electron chi connectivity index (χ3n) is 14.0. The first-order chi connectivity index (χ1) is 40.7. The first-order valence-corrected chi connectivity index (χ1v) is 29.4. The molecule has 0 unspecified atom stereocenters. The van der Waals surface area contributed by atoms with Crippen LogP contribution in [0.2, 0.25) is 15.1 Å². The number of ether oxygens (including phenoxy) is 3. The third kappa shape index (κ3) is 19.2. The Morgan fingerprint density at radius 3 is 1.30 bits per heavy atom. The summed E-state index contributed by atoms with van der Waals surface area (Å²) in [6.07, 6.45) is 3.24. The number of amides is 3. The number of benzene rings is 8. The normalized spacial score (nSPS) is 12.5. The van der Waals surface area contributed by atoms with Gasteiger partial charge in [-0.2, -0.15) is 0 Å². The Balaban J connectivity index is 0.000000185. The van der Waals surface area contributed by atoms with Crippen molar-refractivity contribution in [2.45, 2.75) is 64.0 Å². The number of carbonyl (C=O) groups is 2. The molecule has 1 saturated heterocycles. The Labute approximate surface area is 534 Å². The zero-order valence-corrected chi connectivity index (χ0v) is 53.7. The van der Waals surface area contributed by atoms with Gasteiger partial charge in [0, 0.05) is 67.0 Å². The lowest BCUT2D eigenvalue weighted by molar-refractivity contribution is -0.114. The number of rotatable bonds is 14. The maximum Gasteiger partial charge on any atom is 0.496 e. The van der Waals surface area contributed by atoms with Gasteiger partial charge in [0.15, 0.2) is 0 Å². The fraction of sp³-hybridized carbons (Fsp3) is 0.191. The van der Waals surface area contributed by atoms with Gasteiger partial charge < -0.3 is 40.3 Å². The molecule has 18 heteroatoms. The fourth-order valence-electron chi connectivity index (χ4n) is 8.95. The highest BCUT2D eigenvalue weighted by Gasteiger charge is 2.51. The molecule has 0 spiro atoms. The van der Waals surface area contributed by atoms with Gasteiger partial charge >= 0.3 is 13.1 Å². The number of pyridine rings is 1. The summed E-state index contributed by atoms with van der Waals surface area (Å²) >= 11 is 21.7. The number of hydrogen-bond donors (Lipinski definition) is 4. The summed E-state index contributed by atoms with van der Waals surface area (Å²) < 4.78 is 28.2. The van der Waals surface area contributed by atoms with Crippen molar-refractivity contribution in [2.75, 3.05) is 37.7 Å². The number of urea groups is 1. The van der Waals surface area contributed by atoms with Crippen LogP contribution in [0, 0.1) is 0 Å². The van der Waals surface area contributed by atoms with E-state index in [4.69, 9.17) is 69.8 Å². The number of aromatic nitrogens is 1. The van der Waals surface area contributed by atoms with Crippen LogP contribution in [0.25, 0.3) is 33.4 Å². The minimum absolute atomic E-state index is 0. The molecule has 0 atom stereocenters. The maximum atomic E-state index is 11.1. The fourth-order valence-corrected chi connectivity index (χ4v) is 9.87. The van der Waals surface area contributed by atoms with Crippen molar-refractivity contribution in [3.05, 3.63) is 237 Å². The number of nitrogen functional groups attached to an aromatic ring is 1. The van der Waals surface area contributed by atoms with E-state index in [-0.39, 0.29) is 29.5 Å². The van der Waals surface area contributed by atoms with Crippen LogP contribution in [0.3, 0.4) is 0 Å². The molecule has 3 amide bonds. The van der Waals surface area contributed by atoms with Crippen molar-refractivity contribution < 1.29 is 33.1 Å². The molecule has 0 bridgehead atoms. The van der Waals surface area contributed by atoms with E-state index in [1.807, 2.05) is 161 Å². The first-order valence-electron chi connectivity index (χ1n) is 27.1. The third-order valence-corrected chi connectivity index (χ3v) is 15.3. The largest absolute Gasteiger partial charge is 0.496 e. The van der Waals surface area contributed by atoms with Crippen molar-refractivity contribution in [1.82, 2.24) is 4.98 Å². The molecule has 0 radical (unpaired) electrons. The van der Waals surface area contributed by atoms with Crippen LogP contribution in [0.4, 0.5) is 22.0 Å². The standard InChI is InChI=1S/C22H20ClNO2.C20H18ClNO.C14H12BrClO.C12H18BN3O3.ClH/c1-15(25)24-20-9-6-16(7-10-20)12-17-8-11-22(26-2)21(13-17)18-4-3-5-19(23)14-18;1-23-20-10-7-15(11-14-5-8-18(22)9-6-14)12-19(20)16-3-2-4-17(21)13-16;1-17-14-6-5-10(9-15)7-13(14)11-3-2-4-12(16)8-11;1-11(2)12(3,4)19-13(18-11)8-5-6-9(15-7-8)16-10(14)17;/h3-11,13-14H,12H2,1-2H3,(H,24,25);2-10,12-13H,11,22H2,1H3;2-8H,9H2,1H3;5-7H,1-4H3,(H3,14,15,16,17);1H. The number of nitrogens with zero attached hydrogens (tertiary/aromatic N) is 1. The van der Waals surface area contributed by atoms with E-state index in [1.165, 1.54) is 34.7 Å². The molecular weight excluding hydrogens is 1230 g/mol. The summed E-state index contributed by atoms with van der Waals surface area (Å²) in [7, 11) is 4.57. The summed E-state index contributed by atoms with van der Waals surface area (Å²) in [5, 5.41) is 8.15. The molecule has 86 heavy (non-hydrogen) atoms. The maximum absolute atomic E-state index is 11.1. The topological polar surface area (TPSA) is 169 Å². The Kier molecular flexibility index (Phi) is 25.0. The second-order valence-corrected chi connectivity index (χ2v) is 22.7. The van der Waals surface area contributed by atoms with E-state index in [0.29, 0.717) is 15.9 Å². The summed E-state index contributed by atoms with van der Waals surface area (Å²) in [4.78, 5) is 25.9. The van der Waals surface area contributed by atoms with Gasteiger partial charge in [-0.05, 0) is 188 Å². The highest BCUT2D eigenvalue weighted by Crippen LogP contribution is 2.38. The molecule has 10 rings (SSSR count). The highest BCUT2D eigenvalue weighted by molar-refractivity contribution is 9.08. The monoisotopic (exact) mass is 1300 g/mol. The number of primary amides is 1. The number of alkyl halides is 1. The summed E-state index contributed by atoms with van der Waals surface area (Å²) in [6.45, 7) is 9.46. The molecular formula is C68H69BBrCl4N5O7. The quantitative estimate of drug-likeness (QED) is 0.0470. The van der Waals surface area contributed by atoms with Crippen molar-refractivity contribution in [3.63, 3.8) is 0 Å². The predicted octanol–water partition coefficient (Wildman–Crippen LogP) is 17.0. The molecule has 2 heterocycles. The molecule has 8 aromatic carbocycles. The van der Waals surface area contributed by atoms with Crippen LogP contribution in [0.5, 0.6) is 17.2 Å². The van der Waals surface area contributed by atoms with Crippen LogP contribution in [0.1, 0.15) is 62.4 Å². The van der Waals surface area contributed by atoms with E-state index in [2.05, 4.69) is 74.0 Å². The zero-order valence-electron chi connectivity index (χ0n) is 49.1. The van der Waals surface area contributed by atoms with E-state index >= 15 is 0 Å². The van der Waals surface area contributed by atoms with Crippen LogP contribution >= 0.6 is 63.1 Å². The Bertz CT molecular complexity index is 3690. The molecule has 446 valence electrons. The van der Waals surface area contributed by atoms with E-state index in [9.17, 15) is 9.59 Å². The minimum Gasteiger partial charge on any atom is -0.496 e. The van der Waals surface area contributed by atoms with Crippen molar-refractivity contribution >= 4 is 105 Å². The molecule has 1 aliphatic rings. The number of carbonyl (C=O) groups excluding carboxylic acids is 2. The number of anilines is 3. The second kappa shape index (κ2) is 31.7. The lowest BCUT2D eigenvalue weighted by Gasteiger charge is -2.32. The van der Waals surface area contributed by atoms with Crippen molar-refractivity contribution in [2.24, 2.45) is 5.73 Å². The van der Waals surface area contributed by atoms with Crippen LogP contribution in [0.15, 0.2) is 194 Å². The Morgan fingerprint density at radius 2 is 0.942 bits per heavy atom. The second-order valence-electron chi connectivity index (χ2n) is 20.8. The summed E-state index contributed by atoms with van der Waals surface area (Å²) in [6, 6.07) is 60.5. The average molecular weight is 1300 g/mol. The molecule has 1 aliphatic heterocycles. The van der Waals surface area contributed by atoms with Crippen LogP contribution in [-0.2, 0) is 32.3 Å². The smallest absolute Gasteiger partial charge is 0.496 e. The van der Waals surface area contributed by atoms with Gasteiger partial charge in [-0.25, -0.2) is 9.78 Å². The molecule has 0 aliphatic carbocycles. The number of methoxy groups -OCH3 is 3. The molecule has 1 fully saturated rings. The first kappa shape index (κ1) is 67.6. The molecule has 6 N–H and O–H groups in total. The van der Waals surface area contributed by atoms with Gasteiger partial charge in [0.05, 0.1) is 32.5 Å². The predicted molar refractivity (Wildman–Crippen MR) is 361 cm³/mol. The lowest BCUT2D eigenvalue weighted by atomic mass is 9.80. The van der Waals surface area contributed by atoms with Gasteiger partial charge in [-0.1, -0.05) is 136 Å². The molecule has 9 aromatic rings. The van der Waals surface area contributed by atoms with E-state index in [0.717, 1.165) is 90.7 Å². The number of nitrogens with one attached hydrogen (secondary N) is 2. The van der Waals surface area contributed by atoms with Crippen LogP contribution in [-0.4, -0.2) is 56.6 Å². The van der Waals surface area contributed by atoms with Crippen LogP contribution < -0.4 is 41.8 Å². The number of hydrogen-bond acceptors (Lipinski definition) is 9. The SMILES string of the molecule is CC1(C)OB(c2ccc(NC(N)=O)nc2)OC1(C)C.COc1ccc(CBr)cc1-c1cccc(Cl)c1.COc1ccc(Cc2ccc(N)cc2)cc1-c1cccc(Cl)c1.COc1ccc(Cc2ccc(NC(C)=O)cc2)cc1-c1cccc(Cl)c1.Cl. The average Bonchev–Trinajstić information content (AvgIpc) is 2.48. The zero-order chi connectivity index (χ0) is 61.3. The lowest BCUT2D eigenvalue weighted by Crippen LogP contribution is -2.41. The van der Waals surface area contributed by atoms with Crippen molar-refractivity contribution in [1.29, 1.82) is 0 Å². The van der Waals surface area contributed by atoms with E-state index < -0.39 is 13.1 Å². The number of halogens is 5. The molecule has 1 aromatic heterocycles. The Morgan fingerprint density at radius 1 is 0.547 bits per heavy atom. The Hall–Kier alpha value is -7.53. The van der Waals surface area contributed by atoms with Gasteiger partial charge in [0.25, 0.3) is 0 Å². The molecule has 12 nitrogen and oxygen atoms in total.